The van der Waals surface area contributed by atoms with Crippen molar-refractivity contribution in [3.63, 3.8) is 0 Å². The Balaban J connectivity index is 1.55. The standard InChI is InChI=1S/C19H31N3O4/c1-14(2)10-22-11-15(4-5-16(22)23)18(25)21-8-6-19(7-9-21)13-20(3)17(24)12-26-19/h14-15H,4-13H2,1-3H3/t15-/m0/s1. The minimum atomic E-state index is -0.300. The molecule has 146 valence electrons. The van der Waals surface area contributed by atoms with Gasteiger partial charge in [0.15, 0.2) is 0 Å². The first-order chi connectivity index (χ1) is 12.3. The van der Waals surface area contributed by atoms with Gasteiger partial charge in [0, 0.05) is 46.2 Å². The van der Waals surface area contributed by atoms with E-state index in [0.717, 1.165) is 19.4 Å². The van der Waals surface area contributed by atoms with Crippen LogP contribution in [0.4, 0.5) is 0 Å². The molecule has 0 aromatic carbocycles. The summed E-state index contributed by atoms with van der Waals surface area (Å²) in [6.07, 6.45) is 2.65. The van der Waals surface area contributed by atoms with E-state index in [4.69, 9.17) is 4.74 Å². The Morgan fingerprint density at radius 1 is 1.23 bits per heavy atom. The lowest BCUT2D eigenvalue weighted by molar-refractivity contribution is -0.172. The molecule has 3 heterocycles. The molecule has 7 heteroatoms. The van der Waals surface area contributed by atoms with Gasteiger partial charge in [-0.05, 0) is 25.2 Å². The van der Waals surface area contributed by atoms with E-state index in [1.54, 1.807) is 4.90 Å². The molecule has 1 atom stereocenters. The maximum Gasteiger partial charge on any atom is 0.248 e. The zero-order valence-electron chi connectivity index (χ0n) is 16.2. The fourth-order valence-electron chi connectivity index (χ4n) is 4.32. The van der Waals surface area contributed by atoms with E-state index in [2.05, 4.69) is 13.8 Å². The third-order valence-corrected chi connectivity index (χ3v) is 5.87. The quantitative estimate of drug-likeness (QED) is 0.739. The molecule has 3 rings (SSSR count). The molecule has 3 aliphatic rings. The van der Waals surface area contributed by atoms with Gasteiger partial charge in [-0.3, -0.25) is 14.4 Å². The summed E-state index contributed by atoms with van der Waals surface area (Å²) in [7, 11) is 1.81. The van der Waals surface area contributed by atoms with Gasteiger partial charge in [-0.2, -0.15) is 0 Å². The van der Waals surface area contributed by atoms with Gasteiger partial charge in [0.25, 0.3) is 0 Å². The monoisotopic (exact) mass is 365 g/mol. The topological polar surface area (TPSA) is 70.2 Å². The summed E-state index contributed by atoms with van der Waals surface area (Å²) in [5.74, 6) is 0.680. The van der Waals surface area contributed by atoms with E-state index in [-0.39, 0.29) is 35.8 Å². The van der Waals surface area contributed by atoms with Crippen LogP contribution in [0.3, 0.4) is 0 Å². The Hall–Kier alpha value is -1.63. The summed E-state index contributed by atoms with van der Waals surface area (Å²) in [5.41, 5.74) is -0.300. The molecule has 3 fully saturated rings. The van der Waals surface area contributed by atoms with Gasteiger partial charge in [0.1, 0.15) is 6.61 Å². The highest BCUT2D eigenvalue weighted by atomic mass is 16.5. The van der Waals surface area contributed by atoms with Crippen molar-refractivity contribution in [3.05, 3.63) is 0 Å². The number of ether oxygens (including phenoxy) is 1. The van der Waals surface area contributed by atoms with Crippen LogP contribution < -0.4 is 0 Å². The van der Waals surface area contributed by atoms with Crippen LogP contribution in [-0.2, 0) is 19.1 Å². The third kappa shape index (κ3) is 4.03. The van der Waals surface area contributed by atoms with Gasteiger partial charge >= 0.3 is 0 Å². The van der Waals surface area contributed by atoms with Crippen molar-refractivity contribution in [1.82, 2.24) is 14.7 Å². The van der Waals surface area contributed by atoms with E-state index >= 15 is 0 Å². The molecule has 0 aliphatic carbocycles. The molecule has 0 N–H and O–H groups in total. The summed E-state index contributed by atoms with van der Waals surface area (Å²) in [5, 5.41) is 0. The molecule has 0 aromatic heterocycles. The van der Waals surface area contributed by atoms with Gasteiger partial charge in [0.2, 0.25) is 17.7 Å². The Bertz CT molecular complexity index is 569. The van der Waals surface area contributed by atoms with Crippen LogP contribution in [0.1, 0.15) is 39.5 Å². The summed E-state index contributed by atoms with van der Waals surface area (Å²) < 4.78 is 5.86. The van der Waals surface area contributed by atoms with Crippen LogP contribution in [-0.4, -0.2) is 84.4 Å². The van der Waals surface area contributed by atoms with Crippen molar-refractivity contribution < 1.29 is 19.1 Å². The average molecular weight is 365 g/mol. The highest BCUT2D eigenvalue weighted by molar-refractivity contribution is 5.84. The molecule has 0 saturated carbocycles. The number of likely N-dealkylation sites (N-methyl/N-ethyl adjacent to an activating group) is 1. The Morgan fingerprint density at radius 3 is 2.54 bits per heavy atom. The first kappa shape index (κ1) is 19.1. The number of carbonyl (C=O) groups is 3. The molecule has 3 aliphatic heterocycles. The third-order valence-electron chi connectivity index (χ3n) is 5.87. The van der Waals surface area contributed by atoms with Gasteiger partial charge in [-0.25, -0.2) is 0 Å². The van der Waals surface area contributed by atoms with Gasteiger partial charge in [-0.1, -0.05) is 13.8 Å². The maximum absolute atomic E-state index is 13.0. The van der Waals surface area contributed by atoms with Gasteiger partial charge in [-0.15, -0.1) is 0 Å². The van der Waals surface area contributed by atoms with Crippen molar-refractivity contribution in [2.45, 2.75) is 45.1 Å². The molecule has 0 aromatic rings. The number of likely N-dealkylation sites (tertiary alicyclic amines) is 2. The number of hydrogen-bond acceptors (Lipinski definition) is 4. The van der Waals surface area contributed by atoms with Gasteiger partial charge in [0.05, 0.1) is 11.5 Å². The molecular weight excluding hydrogens is 334 g/mol. The van der Waals surface area contributed by atoms with Crippen molar-refractivity contribution in [2.24, 2.45) is 11.8 Å². The minimum Gasteiger partial charge on any atom is -0.363 e. The number of carbonyl (C=O) groups excluding carboxylic acids is 3. The van der Waals surface area contributed by atoms with Crippen LogP contribution >= 0.6 is 0 Å². The maximum atomic E-state index is 13.0. The van der Waals surface area contributed by atoms with Crippen molar-refractivity contribution >= 4 is 17.7 Å². The Morgan fingerprint density at radius 2 is 1.92 bits per heavy atom. The smallest absolute Gasteiger partial charge is 0.248 e. The molecule has 3 saturated heterocycles. The Labute approximate surface area is 155 Å². The van der Waals surface area contributed by atoms with Crippen molar-refractivity contribution in [3.8, 4) is 0 Å². The van der Waals surface area contributed by atoms with E-state index in [1.165, 1.54) is 0 Å². The fraction of sp³-hybridized carbons (Fsp3) is 0.842. The number of morpholine rings is 1. The highest BCUT2D eigenvalue weighted by Gasteiger charge is 2.43. The molecule has 0 radical (unpaired) electrons. The number of amides is 3. The number of hydrogen-bond donors (Lipinski definition) is 0. The fourth-order valence-corrected chi connectivity index (χ4v) is 4.32. The first-order valence-corrected chi connectivity index (χ1v) is 9.74. The van der Waals surface area contributed by atoms with E-state index < -0.39 is 0 Å². The lowest BCUT2D eigenvalue weighted by Crippen LogP contribution is -2.59. The molecular formula is C19H31N3O4. The lowest BCUT2D eigenvalue weighted by atomic mass is 9.88. The summed E-state index contributed by atoms with van der Waals surface area (Å²) in [4.78, 5) is 42.2. The Kier molecular flexibility index (Phi) is 5.55. The molecule has 0 unspecified atom stereocenters. The zero-order valence-corrected chi connectivity index (χ0v) is 16.2. The second-order valence-electron chi connectivity index (χ2n) is 8.47. The van der Waals surface area contributed by atoms with E-state index in [0.29, 0.717) is 44.9 Å². The van der Waals surface area contributed by atoms with Crippen LogP contribution in [0.5, 0.6) is 0 Å². The first-order valence-electron chi connectivity index (χ1n) is 9.74. The largest absolute Gasteiger partial charge is 0.363 e. The predicted octanol–water partition coefficient (Wildman–Crippen LogP) is 0.731. The summed E-state index contributed by atoms with van der Waals surface area (Å²) in [6.45, 7) is 7.52. The second-order valence-corrected chi connectivity index (χ2v) is 8.47. The summed E-state index contributed by atoms with van der Waals surface area (Å²) >= 11 is 0. The second kappa shape index (κ2) is 7.55. The van der Waals surface area contributed by atoms with Crippen LogP contribution in [0, 0.1) is 11.8 Å². The molecule has 1 spiro atoms. The number of nitrogens with zero attached hydrogens (tertiary/aromatic N) is 3. The zero-order chi connectivity index (χ0) is 18.9. The van der Waals surface area contributed by atoms with Gasteiger partial charge < -0.3 is 19.4 Å². The normalized spacial score (nSPS) is 26.8. The number of piperidine rings is 2. The lowest BCUT2D eigenvalue weighted by Gasteiger charge is -2.47. The molecule has 26 heavy (non-hydrogen) atoms. The van der Waals surface area contributed by atoms with Crippen LogP contribution in [0.15, 0.2) is 0 Å². The number of rotatable bonds is 3. The molecule has 3 amide bonds. The molecule has 0 bridgehead atoms. The molecule has 7 nitrogen and oxygen atoms in total. The summed E-state index contributed by atoms with van der Waals surface area (Å²) in [6, 6.07) is 0. The average Bonchev–Trinajstić information content (AvgIpc) is 2.60. The minimum absolute atomic E-state index is 0.0197. The van der Waals surface area contributed by atoms with Crippen molar-refractivity contribution in [2.75, 3.05) is 46.4 Å². The van der Waals surface area contributed by atoms with Crippen LogP contribution in [0.25, 0.3) is 0 Å². The predicted molar refractivity (Wildman–Crippen MR) is 96.3 cm³/mol. The van der Waals surface area contributed by atoms with Crippen molar-refractivity contribution in [1.29, 1.82) is 0 Å². The van der Waals surface area contributed by atoms with E-state index in [9.17, 15) is 14.4 Å². The van der Waals surface area contributed by atoms with E-state index in [1.807, 2.05) is 16.8 Å². The highest BCUT2D eigenvalue weighted by Crippen LogP contribution is 2.31. The SMILES string of the molecule is CC(C)CN1C[C@@H](C(=O)N2CCC3(CC2)CN(C)C(=O)CO3)CCC1=O. The van der Waals surface area contributed by atoms with Crippen LogP contribution in [0.2, 0.25) is 0 Å².